The second-order valence-electron chi connectivity index (χ2n) is 6.30. The highest BCUT2D eigenvalue weighted by Gasteiger charge is 2.26. The van der Waals surface area contributed by atoms with Crippen molar-refractivity contribution < 1.29 is 23.8 Å². The number of carbonyl (C=O) groups is 1. The predicted octanol–water partition coefficient (Wildman–Crippen LogP) is 3.73. The first-order valence-corrected chi connectivity index (χ1v) is 7.52. The standard InChI is InChI=1S/C19H20O5/c1-19(2,3)14-9-5-6-10-15(14)23-18(21)24-16-11-7-8-13(12-20)17(16)22-4/h5-11,17H,1-4H3. The summed E-state index contributed by atoms with van der Waals surface area (Å²) in [6, 6.07) is 7.28. The number of ether oxygens (including phenoxy) is 3. The smallest absolute Gasteiger partial charge is 0.396 e. The Balaban J connectivity index is 2.16. The molecule has 0 radical (unpaired) electrons. The first-order valence-electron chi connectivity index (χ1n) is 7.52. The zero-order valence-electron chi connectivity index (χ0n) is 14.2. The number of rotatable bonds is 3. The molecular formula is C19H20O5. The van der Waals surface area contributed by atoms with E-state index >= 15 is 0 Å². The van der Waals surface area contributed by atoms with Gasteiger partial charge in [0.05, 0.1) is 5.57 Å². The summed E-state index contributed by atoms with van der Waals surface area (Å²) in [5.41, 5.74) is 0.945. The maximum absolute atomic E-state index is 12.1. The number of hydrogen-bond donors (Lipinski definition) is 0. The average molecular weight is 328 g/mol. The van der Waals surface area contributed by atoms with Crippen molar-refractivity contribution in [1.82, 2.24) is 0 Å². The average Bonchev–Trinajstić information content (AvgIpc) is 2.54. The van der Waals surface area contributed by atoms with E-state index < -0.39 is 12.3 Å². The first-order chi connectivity index (χ1) is 11.4. The maximum Gasteiger partial charge on any atom is 0.519 e. The molecule has 1 aliphatic carbocycles. The van der Waals surface area contributed by atoms with Crippen LogP contribution in [0.4, 0.5) is 4.79 Å². The summed E-state index contributed by atoms with van der Waals surface area (Å²) in [6.45, 7) is 6.07. The minimum absolute atomic E-state index is 0.177. The van der Waals surface area contributed by atoms with Crippen molar-refractivity contribution in [3.63, 3.8) is 0 Å². The molecule has 0 spiro atoms. The third kappa shape index (κ3) is 4.02. The van der Waals surface area contributed by atoms with Crippen LogP contribution in [0, 0.1) is 0 Å². The van der Waals surface area contributed by atoms with Gasteiger partial charge in [0, 0.05) is 12.7 Å². The van der Waals surface area contributed by atoms with Gasteiger partial charge < -0.3 is 14.2 Å². The SMILES string of the molecule is COC1C(=C=O)C=CC=C1OC(=O)Oc1ccccc1C(C)(C)C. The monoisotopic (exact) mass is 328 g/mol. The third-order valence-electron chi connectivity index (χ3n) is 3.52. The first kappa shape index (κ1) is 17.7. The van der Waals surface area contributed by atoms with Gasteiger partial charge in [-0.1, -0.05) is 45.0 Å². The lowest BCUT2D eigenvalue weighted by atomic mass is 9.86. The molecule has 0 aliphatic heterocycles. The molecule has 0 aromatic heterocycles. The van der Waals surface area contributed by atoms with Gasteiger partial charge in [-0.3, -0.25) is 0 Å². The summed E-state index contributed by atoms with van der Waals surface area (Å²) in [5, 5.41) is 0. The van der Waals surface area contributed by atoms with Crippen LogP contribution in [-0.4, -0.2) is 25.3 Å². The number of hydrogen-bond acceptors (Lipinski definition) is 5. The number of benzene rings is 1. The van der Waals surface area contributed by atoms with Gasteiger partial charge >= 0.3 is 6.16 Å². The van der Waals surface area contributed by atoms with Crippen LogP contribution >= 0.6 is 0 Å². The molecule has 0 saturated carbocycles. The predicted molar refractivity (Wildman–Crippen MR) is 89.5 cm³/mol. The molecule has 1 aliphatic rings. The van der Waals surface area contributed by atoms with E-state index in [-0.39, 0.29) is 16.7 Å². The molecule has 0 heterocycles. The Morgan fingerprint density at radius 3 is 2.50 bits per heavy atom. The molecular weight excluding hydrogens is 308 g/mol. The van der Waals surface area contributed by atoms with E-state index in [1.165, 1.54) is 7.11 Å². The number of methoxy groups -OCH3 is 1. The zero-order valence-corrected chi connectivity index (χ0v) is 14.2. The minimum atomic E-state index is -0.888. The van der Waals surface area contributed by atoms with E-state index in [0.717, 1.165) is 5.56 Å². The van der Waals surface area contributed by atoms with Crippen molar-refractivity contribution in [3.8, 4) is 5.75 Å². The van der Waals surface area contributed by atoms with Crippen LogP contribution in [0.25, 0.3) is 0 Å². The molecule has 0 N–H and O–H groups in total. The van der Waals surface area contributed by atoms with Crippen molar-refractivity contribution in [2.24, 2.45) is 0 Å². The molecule has 24 heavy (non-hydrogen) atoms. The second kappa shape index (κ2) is 7.30. The molecule has 0 amide bonds. The Kier molecular flexibility index (Phi) is 5.39. The van der Waals surface area contributed by atoms with Crippen LogP contribution in [-0.2, 0) is 19.7 Å². The fourth-order valence-electron chi connectivity index (χ4n) is 2.37. The molecule has 0 fully saturated rings. The van der Waals surface area contributed by atoms with Crippen LogP contribution in [0.2, 0.25) is 0 Å². The molecule has 1 unspecified atom stereocenters. The highest BCUT2D eigenvalue weighted by molar-refractivity contribution is 5.68. The summed E-state index contributed by atoms with van der Waals surface area (Å²) in [7, 11) is 1.42. The molecule has 5 heteroatoms. The summed E-state index contributed by atoms with van der Waals surface area (Å²) >= 11 is 0. The van der Waals surface area contributed by atoms with Crippen LogP contribution < -0.4 is 4.74 Å². The van der Waals surface area contributed by atoms with Crippen molar-refractivity contribution in [2.45, 2.75) is 32.3 Å². The lowest BCUT2D eigenvalue weighted by Gasteiger charge is -2.23. The van der Waals surface area contributed by atoms with Crippen LogP contribution in [0.1, 0.15) is 26.3 Å². The van der Waals surface area contributed by atoms with Crippen molar-refractivity contribution >= 4 is 12.1 Å². The Hall–Kier alpha value is -2.62. The Morgan fingerprint density at radius 2 is 1.88 bits per heavy atom. The Morgan fingerprint density at radius 1 is 1.17 bits per heavy atom. The van der Waals surface area contributed by atoms with Crippen LogP contribution in [0.5, 0.6) is 5.75 Å². The molecule has 0 saturated heterocycles. The molecule has 0 bridgehead atoms. The van der Waals surface area contributed by atoms with E-state index in [0.29, 0.717) is 5.75 Å². The summed E-state index contributed by atoms with van der Waals surface area (Å²) in [6.07, 6.45) is 3.01. The normalized spacial score (nSPS) is 17.1. The fraction of sp³-hybridized carbons (Fsp3) is 0.316. The van der Waals surface area contributed by atoms with Crippen LogP contribution in [0.15, 0.2) is 53.8 Å². The topological polar surface area (TPSA) is 61.8 Å². The van der Waals surface area contributed by atoms with E-state index in [1.807, 2.05) is 32.9 Å². The highest BCUT2D eigenvalue weighted by Crippen LogP contribution is 2.31. The lowest BCUT2D eigenvalue weighted by molar-refractivity contribution is 0.0792. The summed E-state index contributed by atoms with van der Waals surface area (Å²) in [5.74, 6) is 2.38. The maximum atomic E-state index is 12.1. The third-order valence-corrected chi connectivity index (χ3v) is 3.52. The molecule has 2 rings (SSSR count). The van der Waals surface area contributed by atoms with Gasteiger partial charge in [-0.15, -0.1) is 0 Å². The van der Waals surface area contributed by atoms with Crippen molar-refractivity contribution in [1.29, 1.82) is 0 Å². The molecule has 5 nitrogen and oxygen atoms in total. The quantitative estimate of drug-likeness (QED) is 0.481. The van der Waals surface area contributed by atoms with Gasteiger partial charge in [-0.25, -0.2) is 9.59 Å². The summed E-state index contributed by atoms with van der Waals surface area (Å²) in [4.78, 5) is 23.1. The van der Waals surface area contributed by atoms with Gasteiger partial charge in [0.15, 0.2) is 6.10 Å². The van der Waals surface area contributed by atoms with Crippen molar-refractivity contribution in [2.75, 3.05) is 7.11 Å². The molecule has 1 atom stereocenters. The summed E-state index contributed by atoms with van der Waals surface area (Å²) < 4.78 is 15.8. The van der Waals surface area contributed by atoms with Gasteiger partial charge in [0.2, 0.25) is 0 Å². The fourth-order valence-corrected chi connectivity index (χ4v) is 2.37. The van der Waals surface area contributed by atoms with E-state index in [4.69, 9.17) is 14.2 Å². The van der Waals surface area contributed by atoms with E-state index in [2.05, 4.69) is 0 Å². The molecule has 1 aromatic rings. The van der Waals surface area contributed by atoms with Gasteiger partial charge in [0.25, 0.3) is 0 Å². The number of para-hydroxylation sites is 1. The largest absolute Gasteiger partial charge is 0.519 e. The van der Waals surface area contributed by atoms with E-state index in [1.54, 1.807) is 36.3 Å². The van der Waals surface area contributed by atoms with Crippen molar-refractivity contribution in [3.05, 3.63) is 59.4 Å². The van der Waals surface area contributed by atoms with E-state index in [9.17, 15) is 9.59 Å². The van der Waals surface area contributed by atoms with Gasteiger partial charge in [-0.2, -0.15) is 0 Å². The Labute approximate surface area is 141 Å². The van der Waals surface area contributed by atoms with Gasteiger partial charge in [0.1, 0.15) is 17.5 Å². The molecule has 126 valence electrons. The molecule has 1 aromatic carbocycles. The number of allylic oxidation sites excluding steroid dienone is 2. The zero-order chi connectivity index (χ0) is 17.7. The Bertz CT molecular complexity index is 730. The number of carbonyl (C=O) groups excluding carboxylic acids is 2. The second-order valence-corrected chi connectivity index (χ2v) is 6.30. The van der Waals surface area contributed by atoms with Crippen LogP contribution in [0.3, 0.4) is 0 Å². The minimum Gasteiger partial charge on any atom is -0.396 e. The lowest BCUT2D eigenvalue weighted by Crippen LogP contribution is -2.24. The van der Waals surface area contributed by atoms with Gasteiger partial charge in [-0.05, 0) is 23.6 Å². The highest BCUT2D eigenvalue weighted by atomic mass is 16.7.